The lowest BCUT2D eigenvalue weighted by Gasteiger charge is -2.01. The second-order valence-electron chi connectivity index (χ2n) is 2.98. The number of hydrogen-bond donors (Lipinski definition) is 1. The molecule has 2 N–H and O–H groups in total. The number of carbonyl (C=O) groups is 1. The van der Waals surface area contributed by atoms with Crippen molar-refractivity contribution in [2.24, 2.45) is 5.14 Å². The molecule has 0 fully saturated rings. The minimum atomic E-state index is -3.43. The van der Waals surface area contributed by atoms with Crippen LogP contribution < -0.4 is 9.88 Å². The molecule has 15 heavy (non-hydrogen) atoms. The van der Waals surface area contributed by atoms with E-state index in [9.17, 15) is 13.2 Å². The lowest BCUT2D eigenvalue weighted by atomic mass is 10.2. The Labute approximate surface area is 87.9 Å². The van der Waals surface area contributed by atoms with Crippen LogP contribution in [0.15, 0.2) is 24.3 Å². The highest BCUT2D eigenvalue weighted by molar-refractivity contribution is 7.89. The van der Waals surface area contributed by atoms with Gasteiger partial charge in [-0.1, -0.05) is 12.1 Å². The standard InChI is InChI=1S/C9H11NO4S/c10-15(12,13)6-5-8-1-3-9(4-2-8)14-7-11/h1-4,7H,5-6H2,(H2,10,12,13). The van der Waals surface area contributed by atoms with Gasteiger partial charge in [-0.15, -0.1) is 0 Å². The Hall–Kier alpha value is -1.40. The highest BCUT2D eigenvalue weighted by Crippen LogP contribution is 2.11. The molecule has 1 aromatic carbocycles. The van der Waals surface area contributed by atoms with Gasteiger partial charge in [0.25, 0.3) is 6.47 Å². The van der Waals surface area contributed by atoms with Crippen LogP contribution in [0.1, 0.15) is 5.56 Å². The van der Waals surface area contributed by atoms with Gasteiger partial charge in [-0.2, -0.15) is 0 Å². The van der Waals surface area contributed by atoms with Crippen molar-refractivity contribution in [3.05, 3.63) is 29.8 Å². The number of benzene rings is 1. The molecular weight excluding hydrogens is 218 g/mol. The molecule has 6 heteroatoms. The number of ether oxygens (including phenoxy) is 1. The van der Waals surface area contributed by atoms with E-state index in [0.717, 1.165) is 5.56 Å². The van der Waals surface area contributed by atoms with Crippen LogP contribution in [0.3, 0.4) is 0 Å². The van der Waals surface area contributed by atoms with E-state index in [0.29, 0.717) is 18.6 Å². The monoisotopic (exact) mass is 229 g/mol. The first-order chi connectivity index (χ1) is 7.01. The zero-order valence-corrected chi connectivity index (χ0v) is 8.74. The molecule has 1 rings (SSSR count). The van der Waals surface area contributed by atoms with E-state index in [1.165, 1.54) is 0 Å². The molecule has 0 aliphatic rings. The Morgan fingerprint density at radius 1 is 1.27 bits per heavy atom. The first-order valence-electron chi connectivity index (χ1n) is 4.21. The van der Waals surface area contributed by atoms with E-state index < -0.39 is 10.0 Å². The van der Waals surface area contributed by atoms with Gasteiger partial charge in [0.1, 0.15) is 5.75 Å². The maximum absolute atomic E-state index is 10.7. The Morgan fingerprint density at radius 3 is 2.33 bits per heavy atom. The van der Waals surface area contributed by atoms with Gasteiger partial charge in [0, 0.05) is 0 Å². The summed E-state index contributed by atoms with van der Waals surface area (Å²) in [4.78, 5) is 10.00. The molecule has 0 aliphatic carbocycles. The Balaban J connectivity index is 2.60. The van der Waals surface area contributed by atoms with Crippen LogP contribution in [0, 0.1) is 0 Å². The number of sulfonamides is 1. The normalized spacial score (nSPS) is 11.0. The number of rotatable bonds is 5. The molecule has 0 radical (unpaired) electrons. The summed E-state index contributed by atoms with van der Waals surface area (Å²) in [6.07, 6.45) is 0.347. The zero-order valence-electron chi connectivity index (χ0n) is 7.92. The van der Waals surface area contributed by atoms with Crippen LogP contribution in [0.2, 0.25) is 0 Å². The fraction of sp³-hybridized carbons (Fsp3) is 0.222. The summed E-state index contributed by atoms with van der Waals surface area (Å²) < 4.78 is 25.9. The summed E-state index contributed by atoms with van der Waals surface area (Å²) in [6, 6.07) is 6.55. The van der Waals surface area contributed by atoms with Crippen molar-refractivity contribution in [2.45, 2.75) is 6.42 Å². The first-order valence-corrected chi connectivity index (χ1v) is 5.92. The highest BCUT2D eigenvalue weighted by Gasteiger charge is 2.03. The SMILES string of the molecule is NS(=O)(=O)CCc1ccc(OC=O)cc1. The number of hydrogen-bond acceptors (Lipinski definition) is 4. The molecule has 0 amide bonds. The van der Waals surface area contributed by atoms with E-state index in [1.807, 2.05) is 0 Å². The van der Waals surface area contributed by atoms with Gasteiger partial charge in [0.05, 0.1) is 5.75 Å². The van der Waals surface area contributed by atoms with Gasteiger partial charge in [-0.05, 0) is 24.1 Å². The van der Waals surface area contributed by atoms with Crippen molar-refractivity contribution < 1.29 is 17.9 Å². The van der Waals surface area contributed by atoms with Gasteiger partial charge in [0.15, 0.2) is 0 Å². The molecule has 1 aromatic rings. The Bertz CT molecular complexity index is 424. The third kappa shape index (κ3) is 4.57. The van der Waals surface area contributed by atoms with E-state index >= 15 is 0 Å². The number of aryl methyl sites for hydroxylation is 1. The molecule has 0 atom stereocenters. The number of nitrogens with two attached hydrogens (primary N) is 1. The number of carbonyl (C=O) groups excluding carboxylic acids is 1. The second-order valence-corrected chi connectivity index (χ2v) is 4.71. The van der Waals surface area contributed by atoms with E-state index in [1.54, 1.807) is 24.3 Å². The lowest BCUT2D eigenvalue weighted by Crippen LogP contribution is -2.17. The summed E-state index contributed by atoms with van der Waals surface area (Å²) in [7, 11) is -3.43. The Morgan fingerprint density at radius 2 is 1.87 bits per heavy atom. The van der Waals surface area contributed by atoms with Gasteiger partial charge in [-0.3, -0.25) is 4.79 Å². The van der Waals surface area contributed by atoms with Crippen LogP contribution in [0.25, 0.3) is 0 Å². The molecule has 0 heterocycles. The minimum Gasteiger partial charge on any atom is -0.429 e. The van der Waals surface area contributed by atoms with Crippen molar-refractivity contribution in [2.75, 3.05) is 5.75 Å². The van der Waals surface area contributed by atoms with Crippen molar-refractivity contribution in [1.82, 2.24) is 0 Å². The van der Waals surface area contributed by atoms with Gasteiger partial charge in [0.2, 0.25) is 10.0 Å². The van der Waals surface area contributed by atoms with Crippen LogP contribution in [0.5, 0.6) is 5.75 Å². The first kappa shape index (κ1) is 11.7. The van der Waals surface area contributed by atoms with Crippen molar-refractivity contribution in [3.63, 3.8) is 0 Å². The molecule has 0 aromatic heterocycles. The van der Waals surface area contributed by atoms with Crippen molar-refractivity contribution in [3.8, 4) is 5.75 Å². The van der Waals surface area contributed by atoms with Crippen LogP contribution in [-0.4, -0.2) is 20.6 Å². The zero-order chi connectivity index (χ0) is 11.3. The summed E-state index contributed by atoms with van der Waals surface area (Å²) in [5, 5.41) is 4.86. The third-order valence-corrected chi connectivity index (χ3v) is 2.56. The number of primary sulfonamides is 1. The van der Waals surface area contributed by atoms with E-state index in [2.05, 4.69) is 4.74 Å². The molecule has 5 nitrogen and oxygen atoms in total. The topological polar surface area (TPSA) is 86.5 Å². The smallest absolute Gasteiger partial charge is 0.298 e. The largest absolute Gasteiger partial charge is 0.429 e. The summed E-state index contributed by atoms with van der Waals surface area (Å²) in [6.45, 7) is 0.333. The maximum atomic E-state index is 10.7. The lowest BCUT2D eigenvalue weighted by molar-refractivity contribution is -0.120. The quantitative estimate of drug-likeness (QED) is 0.723. The summed E-state index contributed by atoms with van der Waals surface area (Å²) in [5.74, 6) is 0.324. The van der Waals surface area contributed by atoms with Crippen molar-refractivity contribution >= 4 is 16.5 Å². The summed E-state index contributed by atoms with van der Waals surface area (Å²) >= 11 is 0. The van der Waals surface area contributed by atoms with Gasteiger partial charge in [-0.25, -0.2) is 13.6 Å². The van der Waals surface area contributed by atoms with Gasteiger partial charge < -0.3 is 4.74 Å². The van der Waals surface area contributed by atoms with E-state index in [4.69, 9.17) is 5.14 Å². The third-order valence-electron chi connectivity index (χ3n) is 1.78. The molecular formula is C9H11NO4S. The van der Waals surface area contributed by atoms with Crippen LogP contribution >= 0.6 is 0 Å². The van der Waals surface area contributed by atoms with Gasteiger partial charge >= 0.3 is 0 Å². The molecule has 82 valence electrons. The predicted molar refractivity (Wildman–Crippen MR) is 54.8 cm³/mol. The fourth-order valence-electron chi connectivity index (χ4n) is 1.05. The predicted octanol–water partition coefficient (Wildman–Crippen LogP) is 0.0528. The molecule has 0 unspecified atom stereocenters. The molecule has 0 bridgehead atoms. The molecule has 0 spiro atoms. The summed E-state index contributed by atoms with van der Waals surface area (Å²) in [5.41, 5.74) is 0.822. The fourth-order valence-corrected chi connectivity index (χ4v) is 1.57. The van der Waals surface area contributed by atoms with Crippen LogP contribution in [0.4, 0.5) is 0 Å². The second kappa shape index (κ2) is 4.90. The Kier molecular flexibility index (Phi) is 3.81. The van der Waals surface area contributed by atoms with Crippen molar-refractivity contribution in [1.29, 1.82) is 0 Å². The molecule has 0 aliphatic heterocycles. The maximum Gasteiger partial charge on any atom is 0.298 e. The average molecular weight is 229 g/mol. The minimum absolute atomic E-state index is 0.0963. The molecule has 0 saturated carbocycles. The highest BCUT2D eigenvalue weighted by atomic mass is 32.2. The van der Waals surface area contributed by atoms with E-state index in [-0.39, 0.29) is 5.75 Å². The molecule has 0 saturated heterocycles. The average Bonchev–Trinajstić information content (AvgIpc) is 2.16. The van der Waals surface area contributed by atoms with Crippen LogP contribution in [-0.2, 0) is 21.2 Å².